The smallest absolute Gasteiger partial charge is 0.240 e. The number of halogens is 1. The summed E-state index contributed by atoms with van der Waals surface area (Å²) in [5.74, 6) is 0.849. The van der Waals surface area contributed by atoms with Gasteiger partial charge in [-0.1, -0.05) is 12.1 Å². The van der Waals surface area contributed by atoms with Crippen molar-refractivity contribution in [3.05, 3.63) is 78.9 Å². The summed E-state index contributed by atoms with van der Waals surface area (Å²) in [4.78, 5) is 4.38. The first-order valence-corrected chi connectivity index (χ1v) is 13.3. The predicted octanol–water partition coefficient (Wildman–Crippen LogP) is 4.91. The lowest BCUT2D eigenvalue weighted by Crippen LogP contribution is -2.29. The Bertz CT molecular complexity index is 1480. The van der Waals surface area contributed by atoms with Crippen LogP contribution in [-0.4, -0.2) is 43.4 Å². The second-order valence-corrected chi connectivity index (χ2v) is 11.2. The molecule has 2 aromatic heterocycles. The highest BCUT2D eigenvalue weighted by atomic mass is 32.2. The minimum Gasteiger partial charge on any atom is -0.497 e. The number of pyridine rings is 1. The van der Waals surface area contributed by atoms with E-state index in [1.54, 1.807) is 13.3 Å². The van der Waals surface area contributed by atoms with Crippen molar-refractivity contribution in [2.45, 2.75) is 31.2 Å². The molecule has 37 heavy (non-hydrogen) atoms. The van der Waals surface area contributed by atoms with Crippen molar-refractivity contribution in [2.75, 3.05) is 25.5 Å². The molecular formula is C27H30FN5O3S. The van der Waals surface area contributed by atoms with E-state index in [9.17, 15) is 12.8 Å². The standard InChI is InChI=1S/C27H30FN5O3S/c1-27(2,3)33-18-24(26(32-33)20-6-5-7-22(16-20)36-4)19-12-13-29-25(17-19)30-14-15-31-37(34,35)23-10-8-21(28)9-11-23/h5-13,16-18,31H,14-15H2,1-4H3,(H,29,30). The number of benzene rings is 2. The fraction of sp³-hybridized carbons (Fsp3) is 0.259. The number of sulfonamides is 1. The van der Waals surface area contributed by atoms with Gasteiger partial charge in [-0.25, -0.2) is 22.5 Å². The molecule has 194 valence electrons. The number of hydrogen-bond donors (Lipinski definition) is 2. The number of rotatable bonds is 9. The zero-order valence-electron chi connectivity index (χ0n) is 21.2. The molecule has 0 atom stereocenters. The molecule has 2 heterocycles. The summed E-state index contributed by atoms with van der Waals surface area (Å²) < 4.78 is 47.8. The van der Waals surface area contributed by atoms with E-state index in [1.807, 2.05) is 47.3 Å². The molecule has 0 fully saturated rings. The SMILES string of the molecule is COc1cccc(-c2nn(C(C)(C)C)cc2-c2ccnc(NCCNS(=O)(=O)c3ccc(F)cc3)c2)c1. The van der Waals surface area contributed by atoms with Crippen molar-refractivity contribution < 1.29 is 17.5 Å². The molecule has 8 nitrogen and oxygen atoms in total. The molecule has 0 bridgehead atoms. The molecule has 0 unspecified atom stereocenters. The number of nitrogens with one attached hydrogen (secondary N) is 2. The van der Waals surface area contributed by atoms with Gasteiger partial charge in [-0.3, -0.25) is 4.68 Å². The van der Waals surface area contributed by atoms with Crippen molar-refractivity contribution in [2.24, 2.45) is 0 Å². The Morgan fingerprint density at radius 1 is 1.00 bits per heavy atom. The molecule has 0 saturated carbocycles. The molecule has 10 heteroatoms. The van der Waals surface area contributed by atoms with Crippen LogP contribution in [0.15, 0.2) is 78.0 Å². The summed E-state index contributed by atoms with van der Waals surface area (Å²) >= 11 is 0. The third-order valence-electron chi connectivity index (χ3n) is 5.66. The first kappa shape index (κ1) is 26.3. The fourth-order valence-corrected chi connectivity index (χ4v) is 4.71. The van der Waals surface area contributed by atoms with Crippen LogP contribution in [0.2, 0.25) is 0 Å². The summed E-state index contributed by atoms with van der Waals surface area (Å²) in [6.45, 7) is 6.70. The number of anilines is 1. The van der Waals surface area contributed by atoms with Gasteiger partial charge in [0.2, 0.25) is 10.0 Å². The summed E-state index contributed by atoms with van der Waals surface area (Å²) in [7, 11) is -2.10. The topological polar surface area (TPSA) is 98.1 Å². The molecule has 2 N–H and O–H groups in total. The highest BCUT2D eigenvalue weighted by Gasteiger charge is 2.21. The molecule has 4 aromatic rings. The Labute approximate surface area is 216 Å². The molecule has 0 aliphatic rings. The average molecular weight is 524 g/mol. The Kier molecular flexibility index (Phi) is 7.60. The fourth-order valence-electron chi connectivity index (χ4n) is 3.68. The minimum atomic E-state index is -3.73. The second kappa shape index (κ2) is 10.7. The first-order valence-electron chi connectivity index (χ1n) is 11.8. The highest BCUT2D eigenvalue weighted by molar-refractivity contribution is 7.89. The monoisotopic (exact) mass is 523 g/mol. The highest BCUT2D eigenvalue weighted by Crippen LogP contribution is 2.34. The van der Waals surface area contributed by atoms with Crippen LogP contribution in [0.25, 0.3) is 22.4 Å². The van der Waals surface area contributed by atoms with Crippen LogP contribution in [0.1, 0.15) is 20.8 Å². The summed E-state index contributed by atoms with van der Waals surface area (Å²) in [6.07, 6.45) is 3.72. The summed E-state index contributed by atoms with van der Waals surface area (Å²) in [5.41, 5.74) is 3.38. The zero-order valence-corrected chi connectivity index (χ0v) is 22.0. The molecule has 4 rings (SSSR count). The molecule has 0 radical (unpaired) electrons. The van der Waals surface area contributed by atoms with Crippen molar-refractivity contribution in [1.29, 1.82) is 0 Å². The average Bonchev–Trinajstić information content (AvgIpc) is 3.34. The molecular weight excluding hydrogens is 493 g/mol. The van der Waals surface area contributed by atoms with Crippen LogP contribution >= 0.6 is 0 Å². The van der Waals surface area contributed by atoms with E-state index < -0.39 is 15.8 Å². The van der Waals surface area contributed by atoms with E-state index in [0.29, 0.717) is 12.4 Å². The lowest BCUT2D eigenvalue weighted by Gasteiger charge is -2.18. The van der Waals surface area contributed by atoms with Gasteiger partial charge in [-0.05, 0) is 74.9 Å². The Hall–Kier alpha value is -3.76. The van der Waals surface area contributed by atoms with Crippen molar-refractivity contribution in [3.63, 3.8) is 0 Å². The largest absolute Gasteiger partial charge is 0.497 e. The van der Waals surface area contributed by atoms with E-state index >= 15 is 0 Å². The van der Waals surface area contributed by atoms with Gasteiger partial charge in [-0.2, -0.15) is 5.10 Å². The quantitative estimate of drug-likeness (QED) is 0.303. The van der Waals surface area contributed by atoms with Gasteiger partial charge in [0.1, 0.15) is 23.1 Å². The van der Waals surface area contributed by atoms with Gasteiger partial charge >= 0.3 is 0 Å². The Morgan fingerprint density at radius 3 is 2.46 bits per heavy atom. The maximum Gasteiger partial charge on any atom is 0.240 e. The van der Waals surface area contributed by atoms with E-state index in [1.165, 1.54) is 12.1 Å². The van der Waals surface area contributed by atoms with E-state index in [2.05, 4.69) is 35.8 Å². The van der Waals surface area contributed by atoms with Crippen molar-refractivity contribution >= 4 is 15.8 Å². The van der Waals surface area contributed by atoms with Crippen LogP contribution < -0.4 is 14.8 Å². The van der Waals surface area contributed by atoms with Gasteiger partial charge in [-0.15, -0.1) is 0 Å². The maximum absolute atomic E-state index is 13.1. The number of aromatic nitrogens is 3. The summed E-state index contributed by atoms with van der Waals surface area (Å²) in [6, 6.07) is 16.3. The van der Waals surface area contributed by atoms with E-state index in [-0.39, 0.29) is 17.0 Å². The van der Waals surface area contributed by atoms with Gasteiger partial charge < -0.3 is 10.1 Å². The van der Waals surface area contributed by atoms with Gasteiger partial charge in [0.25, 0.3) is 0 Å². The lowest BCUT2D eigenvalue weighted by atomic mass is 10.0. The van der Waals surface area contributed by atoms with Crippen LogP contribution in [0.3, 0.4) is 0 Å². The maximum atomic E-state index is 13.1. The number of hydrogen-bond acceptors (Lipinski definition) is 6. The first-order chi connectivity index (χ1) is 17.6. The van der Waals surface area contributed by atoms with Gasteiger partial charge in [0.15, 0.2) is 0 Å². The molecule has 0 aliphatic carbocycles. The molecule has 0 spiro atoms. The van der Waals surface area contributed by atoms with Crippen LogP contribution in [0, 0.1) is 5.82 Å². The van der Waals surface area contributed by atoms with Gasteiger partial charge in [0.05, 0.1) is 17.5 Å². The lowest BCUT2D eigenvalue weighted by molar-refractivity contribution is 0.356. The zero-order chi connectivity index (χ0) is 26.6. The third-order valence-corrected chi connectivity index (χ3v) is 7.14. The van der Waals surface area contributed by atoms with Crippen LogP contribution in [0.5, 0.6) is 5.75 Å². The second-order valence-electron chi connectivity index (χ2n) is 9.45. The van der Waals surface area contributed by atoms with Crippen LogP contribution in [0.4, 0.5) is 10.2 Å². The normalized spacial score (nSPS) is 11.9. The van der Waals surface area contributed by atoms with Crippen LogP contribution in [-0.2, 0) is 15.6 Å². The number of ether oxygens (including phenoxy) is 1. The van der Waals surface area contributed by atoms with E-state index in [0.717, 1.165) is 40.3 Å². The predicted molar refractivity (Wildman–Crippen MR) is 143 cm³/mol. The van der Waals surface area contributed by atoms with Crippen molar-refractivity contribution in [3.8, 4) is 28.1 Å². The molecule has 0 amide bonds. The van der Waals surface area contributed by atoms with Gasteiger partial charge in [0, 0.05) is 36.6 Å². The Balaban J connectivity index is 1.53. The summed E-state index contributed by atoms with van der Waals surface area (Å²) in [5, 5.41) is 8.05. The van der Waals surface area contributed by atoms with Crippen molar-refractivity contribution in [1.82, 2.24) is 19.5 Å². The molecule has 0 aliphatic heterocycles. The number of nitrogens with zero attached hydrogens (tertiary/aromatic N) is 3. The Morgan fingerprint density at radius 2 is 1.76 bits per heavy atom. The third kappa shape index (κ3) is 6.33. The number of methoxy groups -OCH3 is 1. The minimum absolute atomic E-state index is 0.00922. The van der Waals surface area contributed by atoms with E-state index in [4.69, 9.17) is 9.84 Å². The molecule has 2 aromatic carbocycles. The molecule has 0 saturated heterocycles.